The highest BCUT2D eigenvalue weighted by molar-refractivity contribution is 5.75. The van der Waals surface area contributed by atoms with Gasteiger partial charge in [-0.25, -0.2) is 4.98 Å². The molecular weight excluding hydrogens is 326 g/mol. The minimum absolute atomic E-state index is 0.0480. The van der Waals surface area contributed by atoms with Crippen LogP contribution in [0.4, 0.5) is 0 Å². The van der Waals surface area contributed by atoms with Gasteiger partial charge in [-0.15, -0.1) is 0 Å². The summed E-state index contributed by atoms with van der Waals surface area (Å²) in [4.78, 5) is 34.5. The number of nitrogens with zero attached hydrogens (tertiary/aromatic N) is 2. The van der Waals surface area contributed by atoms with Gasteiger partial charge in [0.25, 0.3) is 5.56 Å². The predicted octanol–water partition coefficient (Wildman–Crippen LogP) is 3.32. The summed E-state index contributed by atoms with van der Waals surface area (Å²) in [5.41, 5.74) is 2.42. The van der Waals surface area contributed by atoms with Gasteiger partial charge in [0.1, 0.15) is 16.9 Å². The average Bonchev–Trinajstić information content (AvgIpc) is 2.62. The lowest BCUT2D eigenvalue weighted by molar-refractivity contribution is 0.493. The summed E-state index contributed by atoms with van der Waals surface area (Å²) in [5.74, 6) is 1.17. The Kier molecular flexibility index (Phi) is 4.02. The molecule has 2 aromatic heterocycles. The van der Waals surface area contributed by atoms with E-state index in [0.717, 1.165) is 36.2 Å². The second-order valence-corrected chi connectivity index (χ2v) is 7.58. The van der Waals surface area contributed by atoms with Crippen LogP contribution in [0, 0.1) is 5.92 Å². The normalized spacial score (nSPS) is 16.8. The molecule has 1 aliphatic rings. The number of aromatic nitrogens is 3. The fourth-order valence-electron chi connectivity index (χ4n) is 3.82. The third-order valence-electron chi connectivity index (χ3n) is 5.21. The number of fused-ring (bicyclic) bond motifs is 2. The number of rotatable bonds is 2. The van der Waals surface area contributed by atoms with Crippen LogP contribution in [0.15, 0.2) is 39.9 Å². The van der Waals surface area contributed by atoms with E-state index < -0.39 is 0 Å². The maximum atomic E-state index is 13.3. The first-order valence-corrected chi connectivity index (χ1v) is 9.23. The second-order valence-electron chi connectivity index (χ2n) is 7.58. The molecule has 0 bridgehead atoms. The molecule has 1 atom stereocenters. The smallest absolute Gasteiger partial charge is 0.271 e. The Hall–Kier alpha value is -2.69. The molecule has 1 aliphatic carbocycles. The number of pyridine rings is 1. The van der Waals surface area contributed by atoms with Gasteiger partial charge >= 0.3 is 0 Å². The van der Waals surface area contributed by atoms with Crippen LogP contribution >= 0.6 is 0 Å². The summed E-state index contributed by atoms with van der Waals surface area (Å²) in [6.45, 7) is 6.16. The monoisotopic (exact) mass is 349 g/mol. The van der Waals surface area contributed by atoms with Crippen molar-refractivity contribution in [1.82, 2.24) is 14.5 Å². The van der Waals surface area contributed by atoms with Gasteiger partial charge in [0.15, 0.2) is 5.43 Å². The van der Waals surface area contributed by atoms with E-state index in [2.05, 4.69) is 11.9 Å². The molecule has 0 saturated carbocycles. The van der Waals surface area contributed by atoms with Crippen molar-refractivity contribution < 1.29 is 0 Å². The number of hydrogen-bond acceptors (Lipinski definition) is 3. The fourth-order valence-corrected chi connectivity index (χ4v) is 3.82. The first-order valence-electron chi connectivity index (χ1n) is 9.23. The van der Waals surface area contributed by atoms with Crippen molar-refractivity contribution in [2.24, 2.45) is 5.92 Å². The van der Waals surface area contributed by atoms with Crippen LogP contribution < -0.4 is 11.0 Å². The standard InChI is InChI=1S/C21H23N3O2/c1-12(2)20-23-19-17(21(26)24(20)14-7-5-4-6-8-14)18(25)15-11-13(3)9-10-16(15)22-19/h4-8,12-13H,9-11H2,1-3H3,(H,22,25). The van der Waals surface area contributed by atoms with Crippen molar-refractivity contribution in [2.45, 2.75) is 46.0 Å². The summed E-state index contributed by atoms with van der Waals surface area (Å²) in [7, 11) is 0. The summed E-state index contributed by atoms with van der Waals surface area (Å²) in [6, 6.07) is 9.41. The minimum atomic E-state index is -0.285. The van der Waals surface area contributed by atoms with Crippen LogP contribution in [0.3, 0.4) is 0 Å². The highest BCUT2D eigenvalue weighted by Crippen LogP contribution is 2.24. The van der Waals surface area contributed by atoms with E-state index in [-0.39, 0.29) is 22.3 Å². The number of para-hydroxylation sites is 1. The van der Waals surface area contributed by atoms with E-state index in [1.165, 1.54) is 0 Å². The van der Waals surface area contributed by atoms with E-state index >= 15 is 0 Å². The van der Waals surface area contributed by atoms with Crippen molar-refractivity contribution in [2.75, 3.05) is 0 Å². The van der Waals surface area contributed by atoms with Gasteiger partial charge in [0.05, 0.1) is 5.69 Å². The summed E-state index contributed by atoms with van der Waals surface area (Å²) in [6.07, 6.45) is 2.60. The zero-order valence-electron chi connectivity index (χ0n) is 15.4. The third kappa shape index (κ3) is 2.59. The summed E-state index contributed by atoms with van der Waals surface area (Å²) < 4.78 is 1.58. The molecule has 1 N–H and O–H groups in total. The van der Waals surface area contributed by atoms with E-state index in [9.17, 15) is 9.59 Å². The van der Waals surface area contributed by atoms with Crippen LogP contribution in [0.1, 0.15) is 50.2 Å². The van der Waals surface area contributed by atoms with Gasteiger partial charge in [0, 0.05) is 17.2 Å². The number of H-pyrrole nitrogens is 1. The molecule has 2 heterocycles. The molecule has 0 fully saturated rings. The molecule has 1 aromatic carbocycles. The van der Waals surface area contributed by atoms with Crippen LogP contribution in [-0.2, 0) is 12.8 Å². The zero-order chi connectivity index (χ0) is 18.4. The van der Waals surface area contributed by atoms with Gasteiger partial charge < -0.3 is 4.98 Å². The molecule has 5 nitrogen and oxygen atoms in total. The lowest BCUT2D eigenvalue weighted by Crippen LogP contribution is -2.32. The van der Waals surface area contributed by atoms with Crippen LogP contribution in [-0.4, -0.2) is 14.5 Å². The highest BCUT2D eigenvalue weighted by atomic mass is 16.1. The van der Waals surface area contributed by atoms with E-state index in [1.807, 2.05) is 44.2 Å². The Morgan fingerprint density at radius 1 is 1.19 bits per heavy atom. The quantitative estimate of drug-likeness (QED) is 0.772. The molecule has 0 saturated heterocycles. The SMILES string of the molecule is CC1CCc2[nH]c3nc(C(C)C)n(-c4ccccc4)c(=O)c3c(=O)c2C1. The third-order valence-corrected chi connectivity index (χ3v) is 5.21. The molecule has 5 heteroatoms. The van der Waals surface area contributed by atoms with Crippen molar-refractivity contribution in [3.8, 4) is 5.69 Å². The molecule has 1 unspecified atom stereocenters. The predicted molar refractivity (Wildman–Crippen MR) is 103 cm³/mol. The Labute approximate surface area is 151 Å². The molecule has 0 spiro atoms. The molecule has 0 amide bonds. The van der Waals surface area contributed by atoms with Crippen LogP contribution in [0.5, 0.6) is 0 Å². The lowest BCUT2D eigenvalue weighted by Gasteiger charge is -2.22. The van der Waals surface area contributed by atoms with Crippen molar-refractivity contribution in [3.05, 3.63) is 68.0 Å². The van der Waals surface area contributed by atoms with Crippen LogP contribution in [0.25, 0.3) is 16.7 Å². The zero-order valence-corrected chi connectivity index (χ0v) is 15.4. The number of nitrogens with one attached hydrogen (secondary N) is 1. The highest BCUT2D eigenvalue weighted by Gasteiger charge is 2.24. The average molecular weight is 349 g/mol. The summed E-state index contributed by atoms with van der Waals surface area (Å²) >= 11 is 0. The Morgan fingerprint density at radius 3 is 2.62 bits per heavy atom. The van der Waals surface area contributed by atoms with Gasteiger partial charge in [-0.1, -0.05) is 39.0 Å². The second kappa shape index (κ2) is 6.24. The van der Waals surface area contributed by atoms with E-state index in [1.54, 1.807) is 4.57 Å². The van der Waals surface area contributed by atoms with Crippen LogP contribution in [0.2, 0.25) is 0 Å². The Balaban J connectivity index is 2.11. The number of benzene rings is 1. The molecular formula is C21H23N3O2. The molecule has 26 heavy (non-hydrogen) atoms. The molecule has 0 radical (unpaired) electrons. The molecule has 0 aliphatic heterocycles. The first kappa shape index (κ1) is 16.8. The fraction of sp³-hybridized carbons (Fsp3) is 0.381. The Morgan fingerprint density at radius 2 is 1.92 bits per heavy atom. The van der Waals surface area contributed by atoms with Gasteiger partial charge in [-0.2, -0.15) is 0 Å². The first-order chi connectivity index (χ1) is 12.5. The maximum Gasteiger partial charge on any atom is 0.271 e. The van der Waals surface area contributed by atoms with E-state index in [4.69, 9.17) is 4.98 Å². The van der Waals surface area contributed by atoms with E-state index in [0.29, 0.717) is 17.4 Å². The van der Waals surface area contributed by atoms with Gasteiger partial charge in [-0.3, -0.25) is 14.2 Å². The van der Waals surface area contributed by atoms with Crippen molar-refractivity contribution in [1.29, 1.82) is 0 Å². The molecule has 3 aromatic rings. The van der Waals surface area contributed by atoms with Gasteiger partial charge in [-0.05, 0) is 37.3 Å². The Bertz CT molecular complexity index is 1090. The largest absolute Gasteiger partial charge is 0.343 e. The number of aryl methyl sites for hydroxylation is 1. The topological polar surface area (TPSA) is 67.8 Å². The number of aromatic amines is 1. The number of hydrogen-bond donors (Lipinski definition) is 1. The molecule has 134 valence electrons. The van der Waals surface area contributed by atoms with Crippen molar-refractivity contribution >= 4 is 11.0 Å². The molecule has 4 rings (SSSR count). The lowest BCUT2D eigenvalue weighted by atomic mass is 9.87. The van der Waals surface area contributed by atoms with Crippen molar-refractivity contribution in [3.63, 3.8) is 0 Å². The van der Waals surface area contributed by atoms with Gasteiger partial charge in [0.2, 0.25) is 0 Å². The summed E-state index contributed by atoms with van der Waals surface area (Å²) in [5, 5.41) is 0.172. The maximum absolute atomic E-state index is 13.3. The minimum Gasteiger partial charge on any atom is -0.343 e.